The predicted octanol–water partition coefficient (Wildman–Crippen LogP) is 2.63. The van der Waals surface area contributed by atoms with Crippen molar-refractivity contribution in [2.45, 2.75) is 25.8 Å². The first-order valence-electron chi connectivity index (χ1n) is 11.8. The number of carbonyl (C=O) groups is 1. The molecule has 1 aliphatic heterocycles. The summed E-state index contributed by atoms with van der Waals surface area (Å²) in [5.41, 5.74) is 4.65. The number of fused-ring (bicyclic) bond motifs is 1. The minimum absolute atomic E-state index is 0.172. The number of H-pyrrole nitrogens is 1. The van der Waals surface area contributed by atoms with E-state index in [1.165, 1.54) is 25.6 Å². The van der Waals surface area contributed by atoms with Crippen molar-refractivity contribution in [1.82, 2.24) is 44.7 Å². The lowest BCUT2D eigenvalue weighted by atomic mass is 10.1. The van der Waals surface area contributed by atoms with E-state index in [-0.39, 0.29) is 11.6 Å². The third-order valence-corrected chi connectivity index (χ3v) is 6.61. The molecule has 0 aliphatic carbocycles. The molecular formula is C25H22N10O3. The summed E-state index contributed by atoms with van der Waals surface area (Å²) in [6, 6.07) is 10.5. The van der Waals surface area contributed by atoms with Crippen LogP contribution in [0.1, 0.15) is 29.7 Å². The number of amides is 1. The lowest BCUT2D eigenvalue weighted by Gasteiger charge is -2.14. The van der Waals surface area contributed by atoms with Gasteiger partial charge in [0.25, 0.3) is 5.56 Å². The van der Waals surface area contributed by atoms with E-state index in [4.69, 9.17) is 10.1 Å². The van der Waals surface area contributed by atoms with Crippen LogP contribution >= 0.6 is 0 Å². The molecule has 0 unspecified atom stereocenters. The van der Waals surface area contributed by atoms with Gasteiger partial charge in [-0.3, -0.25) is 19.2 Å². The molecule has 38 heavy (non-hydrogen) atoms. The smallest absolute Gasteiger partial charge is 0.411 e. The van der Waals surface area contributed by atoms with Crippen LogP contribution in [0.4, 0.5) is 10.5 Å². The van der Waals surface area contributed by atoms with Crippen LogP contribution in [0.5, 0.6) is 0 Å². The zero-order valence-electron chi connectivity index (χ0n) is 20.5. The summed E-state index contributed by atoms with van der Waals surface area (Å²) in [4.78, 5) is 42.6. The summed E-state index contributed by atoms with van der Waals surface area (Å²) in [5.74, 6) is 1.31. The Kier molecular flexibility index (Phi) is 5.52. The number of benzene rings is 1. The standard InChI is InChI=1S/C25H22N10O3/c1-14-3-6-20(34-13-28-31-32-34)16(9-14)18-10-23(36)35-21(7-8-22(35)29-18)24-27-12-19(30-24)17-5-4-15(11-26-17)33(2)25(37)38/h3-6,9-13,21H,7-8H2,1-2H3,(H,27,30)(H,37,38)/t21-/m0/s1. The zero-order valence-corrected chi connectivity index (χ0v) is 20.5. The molecule has 190 valence electrons. The van der Waals surface area contributed by atoms with Gasteiger partial charge in [0, 0.05) is 25.1 Å². The van der Waals surface area contributed by atoms with Gasteiger partial charge in [-0.1, -0.05) is 11.6 Å². The van der Waals surface area contributed by atoms with E-state index in [2.05, 4.69) is 30.5 Å². The molecule has 0 radical (unpaired) electrons. The highest BCUT2D eigenvalue weighted by Gasteiger charge is 2.29. The van der Waals surface area contributed by atoms with Gasteiger partial charge in [-0.05, 0) is 48.0 Å². The van der Waals surface area contributed by atoms with Crippen LogP contribution in [-0.2, 0) is 6.42 Å². The highest BCUT2D eigenvalue weighted by molar-refractivity contribution is 5.85. The number of imidazole rings is 1. The van der Waals surface area contributed by atoms with Gasteiger partial charge in [-0.2, -0.15) is 4.68 Å². The Morgan fingerprint density at radius 3 is 2.74 bits per heavy atom. The second-order valence-corrected chi connectivity index (χ2v) is 9.02. The molecule has 1 amide bonds. The van der Waals surface area contributed by atoms with Crippen LogP contribution in [0.2, 0.25) is 0 Å². The Hall–Kier alpha value is -5.20. The number of nitrogens with one attached hydrogen (secondary N) is 1. The van der Waals surface area contributed by atoms with Crippen molar-refractivity contribution in [3.05, 3.63) is 82.7 Å². The van der Waals surface area contributed by atoms with Gasteiger partial charge in [0.15, 0.2) is 0 Å². The average molecular weight is 511 g/mol. The maximum Gasteiger partial charge on any atom is 0.411 e. The van der Waals surface area contributed by atoms with E-state index < -0.39 is 6.09 Å². The number of pyridine rings is 1. The van der Waals surface area contributed by atoms with Crippen molar-refractivity contribution in [3.63, 3.8) is 0 Å². The fourth-order valence-corrected chi connectivity index (χ4v) is 4.66. The summed E-state index contributed by atoms with van der Waals surface area (Å²) in [7, 11) is 1.45. The quantitative estimate of drug-likeness (QED) is 0.362. The van der Waals surface area contributed by atoms with Gasteiger partial charge >= 0.3 is 6.09 Å². The zero-order chi connectivity index (χ0) is 26.4. The number of anilines is 1. The molecule has 2 N–H and O–H groups in total. The van der Waals surface area contributed by atoms with E-state index >= 15 is 0 Å². The molecule has 13 nitrogen and oxygen atoms in total. The first-order chi connectivity index (χ1) is 18.4. The lowest BCUT2D eigenvalue weighted by Crippen LogP contribution is -2.25. The van der Waals surface area contributed by atoms with Crippen LogP contribution in [0.15, 0.2) is 59.9 Å². The first-order valence-corrected chi connectivity index (χ1v) is 11.8. The fourth-order valence-electron chi connectivity index (χ4n) is 4.66. The summed E-state index contributed by atoms with van der Waals surface area (Å²) in [6.45, 7) is 1.98. The third kappa shape index (κ3) is 3.99. The Balaban J connectivity index is 1.32. The summed E-state index contributed by atoms with van der Waals surface area (Å²) < 4.78 is 3.23. The maximum atomic E-state index is 13.4. The molecule has 6 rings (SSSR count). The predicted molar refractivity (Wildman–Crippen MR) is 136 cm³/mol. The van der Waals surface area contributed by atoms with Gasteiger partial charge in [0.2, 0.25) is 0 Å². The number of nitrogens with zero attached hydrogens (tertiary/aromatic N) is 9. The normalized spacial score (nSPS) is 14.4. The Morgan fingerprint density at radius 2 is 2.00 bits per heavy atom. The highest BCUT2D eigenvalue weighted by atomic mass is 16.4. The second-order valence-electron chi connectivity index (χ2n) is 9.02. The minimum Gasteiger partial charge on any atom is -0.465 e. The van der Waals surface area contributed by atoms with Crippen molar-refractivity contribution in [2.75, 3.05) is 11.9 Å². The lowest BCUT2D eigenvalue weighted by molar-refractivity contribution is 0.203. The molecule has 5 heterocycles. The second kappa shape index (κ2) is 9.03. The van der Waals surface area contributed by atoms with Gasteiger partial charge in [-0.15, -0.1) is 5.10 Å². The molecule has 0 saturated heterocycles. The average Bonchev–Trinajstić information content (AvgIpc) is 3.69. The minimum atomic E-state index is -1.07. The summed E-state index contributed by atoms with van der Waals surface area (Å²) in [6.07, 6.45) is 4.87. The van der Waals surface area contributed by atoms with Crippen LogP contribution in [0, 0.1) is 6.92 Å². The molecule has 0 saturated carbocycles. The number of rotatable bonds is 5. The van der Waals surface area contributed by atoms with Crippen molar-refractivity contribution >= 4 is 11.8 Å². The van der Waals surface area contributed by atoms with Gasteiger partial charge in [-0.25, -0.2) is 14.8 Å². The number of carboxylic acid groups (broad SMARTS) is 1. The molecule has 13 heteroatoms. The van der Waals surface area contributed by atoms with Gasteiger partial charge < -0.3 is 10.1 Å². The molecule has 0 fully saturated rings. The monoisotopic (exact) mass is 510 g/mol. The fraction of sp³-hybridized carbons (Fsp3) is 0.200. The van der Waals surface area contributed by atoms with E-state index in [9.17, 15) is 9.59 Å². The largest absolute Gasteiger partial charge is 0.465 e. The topological polar surface area (TPSA) is 161 Å². The first kappa shape index (κ1) is 23.2. The van der Waals surface area contributed by atoms with Crippen LogP contribution in [0.3, 0.4) is 0 Å². The number of aromatic nitrogens is 9. The van der Waals surface area contributed by atoms with Crippen LogP contribution in [0.25, 0.3) is 28.3 Å². The third-order valence-electron chi connectivity index (χ3n) is 6.61. The van der Waals surface area contributed by atoms with Crippen molar-refractivity contribution < 1.29 is 9.90 Å². The van der Waals surface area contributed by atoms with Gasteiger partial charge in [0.05, 0.1) is 46.9 Å². The molecule has 0 bridgehead atoms. The molecule has 0 spiro atoms. The number of aromatic amines is 1. The SMILES string of the molecule is Cc1ccc(-n2cnnn2)c(-c2cc(=O)n3c(n2)CC[C@H]3c2ncc(-c3ccc(N(C)C(=O)O)cn3)[nH]2)c1. The molecule has 5 aromatic rings. The van der Waals surface area contributed by atoms with E-state index in [1.54, 1.807) is 27.6 Å². The molecular weight excluding hydrogens is 488 g/mol. The van der Waals surface area contributed by atoms with Crippen molar-refractivity contribution in [1.29, 1.82) is 0 Å². The number of hydrogen-bond acceptors (Lipinski definition) is 8. The van der Waals surface area contributed by atoms with Crippen LogP contribution < -0.4 is 10.5 Å². The van der Waals surface area contributed by atoms with E-state index in [0.29, 0.717) is 47.3 Å². The summed E-state index contributed by atoms with van der Waals surface area (Å²) in [5, 5.41) is 20.6. The van der Waals surface area contributed by atoms with Crippen LogP contribution in [-0.4, -0.2) is 63.0 Å². The molecule has 4 aromatic heterocycles. The number of tetrazole rings is 1. The number of hydrogen-bond donors (Lipinski definition) is 2. The Morgan fingerprint density at radius 1 is 1.13 bits per heavy atom. The highest BCUT2D eigenvalue weighted by Crippen LogP contribution is 2.32. The summed E-state index contributed by atoms with van der Waals surface area (Å²) >= 11 is 0. The van der Waals surface area contributed by atoms with Crippen molar-refractivity contribution in [2.24, 2.45) is 0 Å². The molecule has 1 atom stereocenters. The maximum absolute atomic E-state index is 13.4. The Labute approximate surface area is 215 Å². The van der Waals surface area contributed by atoms with E-state index in [1.807, 2.05) is 25.1 Å². The molecule has 1 aliphatic rings. The molecule has 1 aromatic carbocycles. The van der Waals surface area contributed by atoms with Crippen molar-refractivity contribution in [3.8, 4) is 28.3 Å². The Bertz CT molecular complexity index is 1710. The number of aryl methyl sites for hydroxylation is 2. The van der Waals surface area contributed by atoms with Gasteiger partial charge in [0.1, 0.15) is 18.0 Å². The van der Waals surface area contributed by atoms with E-state index in [0.717, 1.165) is 21.7 Å².